The van der Waals surface area contributed by atoms with Crippen LogP contribution >= 0.6 is 23.2 Å². The topological polar surface area (TPSA) is 92.6 Å². The first-order chi connectivity index (χ1) is 12.8. The van der Waals surface area contributed by atoms with Gasteiger partial charge in [0.15, 0.2) is 0 Å². The van der Waals surface area contributed by atoms with Crippen LogP contribution in [0.25, 0.3) is 0 Å². The number of nitro groups is 1. The maximum Gasteiger partial charge on any atom is 0.306 e. The molecule has 1 atom stereocenters. The van der Waals surface area contributed by atoms with Crippen LogP contribution in [0.5, 0.6) is 0 Å². The summed E-state index contributed by atoms with van der Waals surface area (Å²) in [4.78, 5) is 35.9. The van der Waals surface area contributed by atoms with Gasteiger partial charge < -0.3 is 10.2 Å². The van der Waals surface area contributed by atoms with Crippen molar-refractivity contribution in [2.75, 3.05) is 16.8 Å². The minimum atomic E-state index is -0.996. The van der Waals surface area contributed by atoms with Crippen LogP contribution in [-0.4, -0.2) is 23.3 Å². The number of nitro benzene ring substituents is 1. The molecule has 7 nitrogen and oxygen atoms in total. The fraction of sp³-hybridized carbons (Fsp3) is 0.176. The number of carbonyl (C=O) groups excluding carboxylic acids is 2. The van der Waals surface area contributed by atoms with Gasteiger partial charge in [-0.2, -0.15) is 4.39 Å². The second-order valence-electron chi connectivity index (χ2n) is 5.92. The molecule has 3 rings (SSSR count). The minimum absolute atomic E-state index is 0.0226. The third kappa shape index (κ3) is 4.01. The first kappa shape index (κ1) is 19.1. The Morgan fingerprint density at radius 1 is 1.22 bits per heavy atom. The Labute approximate surface area is 162 Å². The molecule has 1 saturated heterocycles. The number of carbonyl (C=O) groups is 2. The Morgan fingerprint density at radius 2 is 1.96 bits per heavy atom. The highest BCUT2D eigenvalue weighted by molar-refractivity contribution is 6.42. The molecule has 2 amide bonds. The molecular weight excluding hydrogens is 400 g/mol. The number of amides is 2. The fourth-order valence-electron chi connectivity index (χ4n) is 2.76. The lowest BCUT2D eigenvalue weighted by atomic mass is 10.1. The molecule has 1 aliphatic rings. The van der Waals surface area contributed by atoms with E-state index in [1.165, 1.54) is 23.1 Å². The van der Waals surface area contributed by atoms with Crippen LogP contribution in [0.1, 0.15) is 6.42 Å². The first-order valence-electron chi connectivity index (χ1n) is 7.76. The van der Waals surface area contributed by atoms with Gasteiger partial charge in [0.2, 0.25) is 17.6 Å². The van der Waals surface area contributed by atoms with Gasteiger partial charge in [-0.05, 0) is 30.3 Å². The molecule has 1 N–H and O–H groups in total. The van der Waals surface area contributed by atoms with E-state index in [9.17, 15) is 24.1 Å². The number of benzene rings is 2. The summed E-state index contributed by atoms with van der Waals surface area (Å²) >= 11 is 11.7. The maximum absolute atomic E-state index is 13.5. The summed E-state index contributed by atoms with van der Waals surface area (Å²) in [5.41, 5.74) is -0.139. The van der Waals surface area contributed by atoms with Crippen molar-refractivity contribution in [3.05, 3.63) is 62.4 Å². The quantitative estimate of drug-likeness (QED) is 0.606. The SMILES string of the molecule is O=C(Nc1ccc(Cl)c(Cl)c1)C1CC(=O)N(c2ccc(F)c([N+](=O)[O-])c2)C1. The van der Waals surface area contributed by atoms with Crippen molar-refractivity contribution < 1.29 is 18.9 Å². The summed E-state index contributed by atoms with van der Waals surface area (Å²) in [5, 5.41) is 14.1. The number of rotatable bonds is 4. The molecule has 10 heteroatoms. The van der Waals surface area contributed by atoms with Crippen LogP contribution in [0.2, 0.25) is 10.0 Å². The van der Waals surface area contributed by atoms with E-state index in [0.29, 0.717) is 10.7 Å². The Balaban J connectivity index is 1.75. The summed E-state index contributed by atoms with van der Waals surface area (Å²) in [6, 6.07) is 7.75. The highest BCUT2D eigenvalue weighted by Gasteiger charge is 2.36. The van der Waals surface area contributed by atoms with Crippen LogP contribution < -0.4 is 10.2 Å². The van der Waals surface area contributed by atoms with Crippen molar-refractivity contribution in [3.8, 4) is 0 Å². The number of nitrogens with zero attached hydrogens (tertiary/aromatic N) is 2. The van der Waals surface area contributed by atoms with E-state index >= 15 is 0 Å². The van der Waals surface area contributed by atoms with Crippen LogP contribution in [0, 0.1) is 21.8 Å². The number of nitrogens with one attached hydrogen (secondary N) is 1. The summed E-state index contributed by atoms with van der Waals surface area (Å²) < 4.78 is 13.5. The van der Waals surface area contributed by atoms with E-state index < -0.39 is 28.3 Å². The van der Waals surface area contributed by atoms with Crippen LogP contribution in [0.15, 0.2) is 36.4 Å². The van der Waals surface area contributed by atoms with Gasteiger partial charge in [-0.15, -0.1) is 0 Å². The van der Waals surface area contributed by atoms with Gasteiger partial charge >= 0.3 is 5.69 Å². The monoisotopic (exact) mass is 411 g/mol. The van der Waals surface area contributed by atoms with E-state index in [1.807, 2.05) is 0 Å². The van der Waals surface area contributed by atoms with Gasteiger partial charge in [-0.25, -0.2) is 0 Å². The van der Waals surface area contributed by atoms with Gasteiger partial charge in [-0.3, -0.25) is 19.7 Å². The second-order valence-corrected chi connectivity index (χ2v) is 6.73. The highest BCUT2D eigenvalue weighted by atomic mass is 35.5. The van der Waals surface area contributed by atoms with Crippen molar-refractivity contribution >= 4 is 52.1 Å². The minimum Gasteiger partial charge on any atom is -0.326 e. The normalized spacial score (nSPS) is 16.5. The van der Waals surface area contributed by atoms with Crippen molar-refractivity contribution in [1.29, 1.82) is 0 Å². The van der Waals surface area contributed by atoms with Crippen LogP contribution in [0.3, 0.4) is 0 Å². The average molecular weight is 412 g/mol. The summed E-state index contributed by atoms with van der Waals surface area (Å²) in [7, 11) is 0. The lowest BCUT2D eigenvalue weighted by Gasteiger charge is -2.16. The van der Waals surface area contributed by atoms with E-state index in [0.717, 1.165) is 12.1 Å². The number of hydrogen-bond acceptors (Lipinski definition) is 4. The third-order valence-corrected chi connectivity index (χ3v) is 4.86. The molecule has 0 bridgehead atoms. The predicted octanol–water partition coefficient (Wildman–Crippen LogP) is 4.03. The molecule has 27 heavy (non-hydrogen) atoms. The molecule has 0 saturated carbocycles. The fourth-order valence-corrected chi connectivity index (χ4v) is 3.06. The van der Waals surface area contributed by atoms with Crippen molar-refractivity contribution in [2.24, 2.45) is 5.92 Å². The molecule has 0 aliphatic carbocycles. The smallest absolute Gasteiger partial charge is 0.306 e. The Kier molecular flexibility index (Phi) is 5.29. The lowest BCUT2D eigenvalue weighted by molar-refractivity contribution is -0.387. The van der Waals surface area contributed by atoms with Gasteiger partial charge in [0.25, 0.3) is 0 Å². The van der Waals surface area contributed by atoms with Gasteiger partial charge in [-0.1, -0.05) is 23.2 Å². The zero-order chi connectivity index (χ0) is 19.7. The molecule has 0 aromatic heterocycles. The number of halogens is 3. The lowest BCUT2D eigenvalue weighted by Crippen LogP contribution is -2.28. The highest BCUT2D eigenvalue weighted by Crippen LogP contribution is 2.31. The second kappa shape index (κ2) is 7.50. The van der Waals surface area contributed by atoms with Crippen molar-refractivity contribution in [1.82, 2.24) is 0 Å². The van der Waals surface area contributed by atoms with E-state index in [-0.39, 0.29) is 29.6 Å². The maximum atomic E-state index is 13.5. The Hall–Kier alpha value is -2.71. The Morgan fingerprint density at radius 3 is 2.63 bits per heavy atom. The molecule has 1 unspecified atom stereocenters. The number of hydrogen-bond donors (Lipinski definition) is 1. The molecule has 0 spiro atoms. The van der Waals surface area contributed by atoms with Gasteiger partial charge in [0.1, 0.15) is 0 Å². The van der Waals surface area contributed by atoms with E-state index in [4.69, 9.17) is 23.2 Å². The zero-order valence-corrected chi connectivity index (χ0v) is 15.1. The average Bonchev–Trinajstić information content (AvgIpc) is 3.00. The van der Waals surface area contributed by atoms with Crippen molar-refractivity contribution in [2.45, 2.75) is 6.42 Å². The summed E-state index contributed by atoms with van der Waals surface area (Å²) in [6.07, 6.45) is -0.0711. The van der Waals surface area contributed by atoms with E-state index in [2.05, 4.69) is 5.32 Å². The standard InChI is InChI=1S/C17H12Cl2FN3O4/c18-12-3-1-10(6-13(12)19)21-17(25)9-5-16(24)22(8-9)11-2-4-14(20)15(7-11)23(26)27/h1-4,6-7,9H,5,8H2,(H,21,25). The largest absolute Gasteiger partial charge is 0.326 e. The zero-order valence-electron chi connectivity index (χ0n) is 13.6. The van der Waals surface area contributed by atoms with Crippen LogP contribution in [0.4, 0.5) is 21.5 Å². The van der Waals surface area contributed by atoms with Crippen molar-refractivity contribution in [3.63, 3.8) is 0 Å². The van der Waals surface area contributed by atoms with Gasteiger partial charge in [0.05, 0.1) is 26.6 Å². The summed E-state index contributed by atoms with van der Waals surface area (Å²) in [6.45, 7) is 0.0226. The van der Waals surface area contributed by atoms with Gasteiger partial charge in [0, 0.05) is 24.7 Å². The molecule has 2 aromatic carbocycles. The Bertz CT molecular complexity index is 954. The molecule has 1 heterocycles. The molecular formula is C17H12Cl2FN3O4. The molecule has 140 valence electrons. The van der Waals surface area contributed by atoms with E-state index in [1.54, 1.807) is 6.07 Å². The first-order valence-corrected chi connectivity index (χ1v) is 8.52. The van der Waals surface area contributed by atoms with Crippen LogP contribution in [-0.2, 0) is 9.59 Å². The predicted molar refractivity (Wildman–Crippen MR) is 98.6 cm³/mol. The molecule has 1 aliphatic heterocycles. The molecule has 1 fully saturated rings. The number of anilines is 2. The molecule has 0 radical (unpaired) electrons. The summed E-state index contributed by atoms with van der Waals surface area (Å²) in [5.74, 6) is -2.45. The third-order valence-electron chi connectivity index (χ3n) is 4.12. The molecule has 2 aromatic rings.